The summed E-state index contributed by atoms with van der Waals surface area (Å²) in [7, 11) is -2.92. The van der Waals surface area contributed by atoms with Gasteiger partial charge in [0.1, 0.15) is 61.3 Å². The standard InChI is InChI=1S/C33H44N4O3Si2.C26H37ClN4O2Si2.C20H14N4O.C7H9BO3.C2H6S.BBr3/c1-38-27-12-10-11-25(21-27)26-15-16-30-28(22-26)32(35-37(30)24-40-18-20-42(5,6)7)33-34-29-13-8-9-14-31(29)36(33)23-39-17-19-41(2,3)4;1-34(2,3)15-13-32-18-30-24-10-8-7-9-22(24)28-26(30)25-21-17-20(27)11-12-23(21)31(29-25)19-33-14-16-35(4,5)6;25-14-5-3-4-12(10-14)13-8-9-16-15(11-13)19(24-23-16)20-21-17-6-1-2-7-18(17)22-20;1-11-7-4-2-3-6(5-7)8(9)10;1-3-2;2-1(3)4/h8-16,21-22H,17-20,23-24H2,1-7H3;7-12,17H,13-16,18-19H2,1-6H3;1-11,25H,(H,21,22)(H,23,24);2-5,9-10H,1H3;1-2H3;. The van der Waals surface area contributed by atoms with E-state index in [0.29, 0.717) is 43.2 Å². The van der Waals surface area contributed by atoms with Gasteiger partial charge in [-0.15, -0.1) is 47.3 Å². The minimum absolute atomic E-state index is 0.252. The molecule has 32 heteroatoms. The molecule has 9 aromatic carbocycles. The second-order valence-electron chi connectivity index (χ2n) is 33.7. The highest BCUT2D eigenvalue weighted by atomic mass is 79.9. The molecule has 0 aliphatic heterocycles. The molecule has 5 N–H and O–H groups in total. The zero-order chi connectivity index (χ0) is 86.5. The van der Waals surface area contributed by atoms with Crippen molar-refractivity contribution in [1.82, 2.24) is 58.8 Å². The molecule has 6 heterocycles. The summed E-state index contributed by atoms with van der Waals surface area (Å²) < 4.78 is 43.5. The maximum atomic E-state index is 9.73. The fourth-order valence-corrected chi connectivity index (χ4v) is 15.9. The number of phenols is 1. The van der Waals surface area contributed by atoms with E-state index in [2.05, 4.69) is 216 Å². The summed E-state index contributed by atoms with van der Waals surface area (Å²) in [6.45, 7) is 33.0. The van der Waals surface area contributed by atoms with Crippen molar-refractivity contribution in [2.75, 3.05) is 53.2 Å². The topological polar surface area (TPSA) is 245 Å². The zero-order valence-corrected chi connectivity index (χ0v) is 81.7. The zero-order valence-electron chi connectivity index (χ0n) is 71.4. The van der Waals surface area contributed by atoms with Crippen molar-refractivity contribution in [3.8, 4) is 74.1 Å². The van der Waals surface area contributed by atoms with Gasteiger partial charge in [-0.25, -0.2) is 24.3 Å². The minimum atomic E-state index is -1.43. The summed E-state index contributed by atoms with van der Waals surface area (Å²) in [6, 6.07) is 69.2. The predicted octanol–water partition coefficient (Wildman–Crippen LogP) is 22.7. The van der Waals surface area contributed by atoms with Gasteiger partial charge in [-0.1, -0.05) is 175 Å². The van der Waals surface area contributed by atoms with Crippen LogP contribution in [0.3, 0.4) is 0 Å². The number of para-hydroxylation sites is 6. The number of aromatic hydroxyl groups is 1. The number of thioether (sulfide) groups is 1. The molecule has 0 bridgehead atoms. The molecular weight excluding hydrogens is 1810 g/mol. The number of H-pyrrole nitrogens is 2. The average Bonchev–Trinajstić information content (AvgIpc) is 1.61. The second kappa shape index (κ2) is 43.9. The molecule has 0 atom stereocenters. The number of nitrogens with one attached hydrogen (secondary N) is 2. The normalized spacial score (nSPS) is 11.7. The van der Waals surface area contributed by atoms with Crippen LogP contribution in [0.4, 0.5) is 0 Å². The highest BCUT2D eigenvalue weighted by Gasteiger charge is 2.26. The third-order valence-corrected chi connectivity index (χ3v) is 26.3. The molecular formula is C88H110B2Br3ClN12O9SSi4. The van der Waals surface area contributed by atoms with E-state index in [1.54, 1.807) is 55.3 Å². The molecule has 21 nitrogen and oxygen atoms in total. The van der Waals surface area contributed by atoms with Crippen molar-refractivity contribution >= 4 is 185 Å². The van der Waals surface area contributed by atoms with E-state index < -0.39 is 39.4 Å². The molecule has 0 saturated carbocycles. The van der Waals surface area contributed by atoms with Crippen LogP contribution in [0.5, 0.6) is 17.2 Å². The molecule has 0 spiro atoms. The number of ether oxygens (including phenoxy) is 6. The Morgan fingerprint density at radius 1 is 0.433 bits per heavy atom. The van der Waals surface area contributed by atoms with Gasteiger partial charge in [0, 0.05) is 79.9 Å². The minimum Gasteiger partial charge on any atom is -0.508 e. The van der Waals surface area contributed by atoms with E-state index in [1.165, 1.54) is 7.11 Å². The number of hydrogen-bond acceptors (Lipinski definition) is 16. The van der Waals surface area contributed by atoms with Gasteiger partial charge in [0.15, 0.2) is 17.5 Å². The number of methoxy groups -OCH3 is 2. The second-order valence-corrected chi connectivity index (χ2v) is 63.9. The highest BCUT2D eigenvalue weighted by molar-refractivity contribution is 9.69. The first-order chi connectivity index (χ1) is 57.2. The summed E-state index contributed by atoms with van der Waals surface area (Å²) in [5.74, 6) is 4.03. The third kappa shape index (κ3) is 27.3. The summed E-state index contributed by atoms with van der Waals surface area (Å²) in [5.41, 5.74) is 15.8. The number of imidazole rings is 3. The van der Waals surface area contributed by atoms with E-state index in [-0.39, 0.29) is 8.93 Å². The van der Waals surface area contributed by atoms with Gasteiger partial charge in [-0.2, -0.15) is 27.1 Å². The number of phenolic OH excluding ortho intramolecular Hbond substituents is 1. The van der Waals surface area contributed by atoms with Crippen molar-refractivity contribution in [1.29, 1.82) is 0 Å². The van der Waals surface area contributed by atoms with E-state index in [1.807, 2.05) is 125 Å². The van der Waals surface area contributed by atoms with Gasteiger partial charge in [0.25, 0.3) is 0 Å². The molecule has 632 valence electrons. The number of fused-ring (bicyclic) bond motifs is 6. The maximum absolute atomic E-state index is 9.73. The van der Waals surface area contributed by atoms with Crippen molar-refractivity contribution < 1.29 is 43.6 Å². The molecule has 0 aliphatic rings. The van der Waals surface area contributed by atoms with Crippen LogP contribution < -0.4 is 14.9 Å². The highest BCUT2D eigenvalue weighted by Crippen LogP contribution is 2.38. The molecule has 0 fully saturated rings. The van der Waals surface area contributed by atoms with Crippen molar-refractivity contribution in [2.24, 2.45) is 0 Å². The SMILES string of the molecule is BrB(Br)Br.COc1cccc(-c2ccc3c(c2)c(-c2nc4ccccc4n2COCC[Si](C)(C)C)nn3COCC[Si](C)(C)C)c1.COc1cccc(B(O)O)c1.CSC.C[Si](C)(C)CCOCn1nc(-c2nc3ccccc3n2COCC[Si](C)(C)C)c2cc(Cl)ccc21.Oc1cccc(-c2ccc3[nH]nc(-c4nc5ccccc5[nH]4)c3c2)c1. The Morgan fingerprint density at radius 2 is 0.858 bits per heavy atom. The smallest absolute Gasteiger partial charge is 0.488 e. The molecule has 0 amide bonds. The van der Waals surface area contributed by atoms with Gasteiger partial charge in [0.2, 0.25) is 0 Å². The first-order valence-electron chi connectivity index (χ1n) is 39.8. The number of halogens is 4. The fourth-order valence-electron chi connectivity index (χ4n) is 12.7. The predicted molar refractivity (Wildman–Crippen MR) is 523 cm³/mol. The molecule has 0 radical (unpaired) electrons. The number of nitrogens with zero attached hydrogens (tertiary/aromatic N) is 10. The number of aromatic nitrogens is 12. The Bertz CT molecular complexity index is 5790. The average molecular weight is 1920 g/mol. The fraction of sp³-hybridized carbons (Fsp3) is 0.318. The van der Waals surface area contributed by atoms with E-state index in [4.69, 9.17) is 70.2 Å². The number of benzene rings is 9. The van der Waals surface area contributed by atoms with Crippen LogP contribution in [-0.2, 0) is 45.9 Å². The van der Waals surface area contributed by atoms with Crippen molar-refractivity contribution in [2.45, 2.75) is 130 Å². The van der Waals surface area contributed by atoms with Gasteiger partial charge < -0.3 is 48.6 Å². The number of hydrogen-bond donors (Lipinski definition) is 5. The van der Waals surface area contributed by atoms with Crippen LogP contribution in [0, 0.1) is 0 Å². The summed E-state index contributed by atoms with van der Waals surface area (Å²) >= 11 is 17.5. The lowest BCUT2D eigenvalue weighted by Gasteiger charge is -2.16. The summed E-state index contributed by atoms with van der Waals surface area (Å²) in [5, 5.41) is 48.5. The first kappa shape index (κ1) is 94.3. The van der Waals surface area contributed by atoms with Gasteiger partial charge in [-0.05, 0) is 180 Å². The van der Waals surface area contributed by atoms with Crippen LogP contribution in [0.25, 0.3) is 123 Å². The Kier molecular flexibility index (Phi) is 34.5. The Balaban J connectivity index is 0.000000174. The molecule has 0 unspecified atom stereocenters. The van der Waals surface area contributed by atoms with E-state index >= 15 is 0 Å². The van der Waals surface area contributed by atoms with E-state index in [0.717, 1.165) is 179 Å². The number of rotatable bonds is 28. The lowest BCUT2D eigenvalue weighted by Crippen LogP contribution is -2.29. The first-order valence-corrected chi connectivity index (χ1v) is 59.4. The van der Waals surface area contributed by atoms with Gasteiger partial charge >= 0.3 is 10.3 Å². The molecule has 15 rings (SSSR count). The molecule has 120 heavy (non-hydrogen) atoms. The van der Waals surface area contributed by atoms with Gasteiger partial charge in [0.05, 0.1) is 63.9 Å². The quantitative estimate of drug-likeness (QED) is 0.0226. The van der Waals surface area contributed by atoms with Crippen molar-refractivity contribution in [3.05, 3.63) is 205 Å². The summed E-state index contributed by atoms with van der Waals surface area (Å²) in [4.78, 5) is 18.0. The molecule has 6 aromatic heterocycles. The van der Waals surface area contributed by atoms with Crippen LogP contribution in [0.15, 0.2) is 200 Å². The van der Waals surface area contributed by atoms with Crippen LogP contribution >= 0.6 is 70.6 Å². The largest absolute Gasteiger partial charge is 0.508 e. The third-order valence-electron chi connectivity index (χ3n) is 19.2. The number of aromatic amines is 2. The monoisotopic (exact) mass is 1920 g/mol. The Hall–Kier alpha value is -7.96. The van der Waals surface area contributed by atoms with E-state index in [9.17, 15) is 5.11 Å². The van der Waals surface area contributed by atoms with Crippen LogP contribution in [0.1, 0.15) is 0 Å². The molecule has 15 aromatic rings. The Labute approximate surface area is 742 Å². The Morgan fingerprint density at radius 3 is 1.35 bits per heavy atom. The summed E-state index contributed by atoms with van der Waals surface area (Å²) in [6.07, 6.45) is 4.08. The molecule has 0 saturated heterocycles. The van der Waals surface area contributed by atoms with Crippen molar-refractivity contribution in [3.63, 3.8) is 0 Å². The van der Waals surface area contributed by atoms with Gasteiger partial charge in [-0.3, -0.25) is 14.2 Å². The molecule has 0 aliphatic carbocycles. The lowest BCUT2D eigenvalue weighted by molar-refractivity contribution is 0.0815. The maximum Gasteiger partial charge on any atom is 0.488 e. The van der Waals surface area contributed by atoms with Crippen LogP contribution in [0.2, 0.25) is 108 Å². The lowest BCUT2D eigenvalue weighted by atomic mass is 9.80. The van der Waals surface area contributed by atoms with Crippen LogP contribution in [-0.4, -0.2) is 170 Å².